The Labute approximate surface area is 105 Å². The van der Waals surface area contributed by atoms with Crippen LogP contribution in [0, 0.1) is 11.8 Å². The van der Waals surface area contributed by atoms with Crippen molar-refractivity contribution < 1.29 is 4.79 Å². The zero-order valence-electron chi connectivity index (χ0n) is 11.9. The molecule has 0 aliphatic carbocycles. The van der Waals surface area contributed by atoms with Crippen LogP contribution in [0.1, 0.15) is 41.5 Å². The summed E-state index contributed by atoms with van der Waals surface area (Å²) in [6, 6.07) is 0.259. The van der Waals surface area contributed by atoms with Gasteiger partial charge in [0.1, 0.15) is 0 Å². The Morgan fingerprint density at radius 3 is 1.94 bits per heavy atom. The van der Waals surface area contributed by atoms with Crippen LogP contribution in [0.2, 0.25) is 0 Å². The van der Waals surface area contributed by atoms with Crippen molar-refractivity contribution in [3.63, 3.8) is 0 Å². The van der Waals surface area contributed by atoms with Crippen molar-refractivity contribution in [3.8, 4) is 0 Å². The van der Waals surface area contributed by atoms with E-state index in [0.29, 0.717) is 11.8 Å². The molecule has 0 aromatic rings. The molecule has 0 aromatic carbocycles. The molecule has 0 spiro atoms. The van der Waals surface area contributed by atoms with Gasteiger partial charge in [0.15, 0.2) is 0 Å². The van der Waals surface area contributed by atoms with Crippen molar-refractivity contribution in [2.75, 3.05) is 6.54 Å². The molecular formula is C15H25NO. The molecule has 1 amide bonds. The van der Waals surface area contributed by atoms with Crippen LogP contribution in [-0.2, 0) is 4.79 Å². The van der Waals surface area contributed by atoms with Gasteiger partial charge in [-0.15, -0.1) is 0 Å². The standard InChI is InChI=1S/C15H25NO/c1-10(2)13-7-8-16(12(5)6)15(17)9-14(13)11(3)4/h7,9-12H,8H2,1-6H3. The van der Waals surface area contributed by atoms with Gasteiger partial charge < -0.3 is 4.90 Å². The van der Waals surface area contributed by atoms with E-state index in [9.17, 15) is 4.79 Å². The summed E-state index contributed by atoms with van der Waals surface area (Å²) in [7, 11) is 0. The van der Waals surface area contributed by atoms with Gasteiger partial charge >= 0.3 is 0 Å². The minimum Gasteiger partial charge on any atom is -0.333 e. The van der Waals surface area contributed by atoms with Crippen molar-refractivity contribution in [1.82, 2.24) is 4.90 Å². The number of hydrogen-bond donors (Lipinski definition) is 0. The third kappa shape index (κ3) is 3.21. The van der Waals surface area contributed by atoms with Gasteiger partial charge in [-0.25, -0.2) is 0 Å². The predicted molar refractivity (Wildman–Crippen MR) is 72.7 cm³/mol. The third-order valence-electron chi connectivity index (χ3n) is 3.27. The molecule has 0 fully saturated rings. The third-order valence-corrected chi connectivity index (χ3v) is 3.27. The quantitative estimate of drug-likeness (QED) is 0.734. The Balaban J connectivity index is 3.14. The van der Waals surface area contributed by atoms with Crippen molar-refractivity contribution in [1.29, 1.82) is 0 Å². The van der Waals surface area contributed by atoms with Gasteiger partial charge in [0, 0.05) is 18.7 Å². The van der Waals surface area contributed by atoms with E-state index in [1.807, 2.05) is 11.0 Å². The maximum absolute atomic E-state index is 12.2. The largest absolute Gasteiger partial charge is 0.333 e. The highest BCUT2D eigenvalue weighted by atomic mass is 16.2. The molecule has 2 nitrogen and oxygen atoms in total. The van der Waals surface area contributed by atoms with Crippen LogP contribution in [0.4, 0.5) is 0 Å². The fourth-order valence-corrected chi connectivity index (χ4v) is 2.24. The molecule has 1 aliphatic heterocycles. The van der Waals surface area contributed by atoms with E-state index in [4.69, 9.17) is 0 Å². The van der Waals surface area contributed by atoms with E-state index in [2.05, 4.69) is 47.6 Å². The first kappa shape index (κ1) is 14.0. The lowest BCUT2D eigenvalue weighted by Gasteiger charge is -2.23. The Kier molecular flexibility index (Phi) is 4.55. The predicted octanol–water partition coefficient (Wildman–Crippen LogP) is 3.40. The topological polar surface area (TPSA) is 20.3 Å². The van der Waals surface area contributed by atoms with E-state index >= 15 is 0 Å². The van der Waals surface area contributed by atoms with Crippen molar-refractivity contribution in [2.24, 2.45) is 11.8 Å². The lowest BCUT2D eigenvalue weighted by molar-refractivity contribution is -0.127. The van der Waals surface area contributed by atoms with Gasteiger partial charge in [0.25, 0.3) is 0 Å². The zero-order chi connectivity index (χ0) is 13.2. The molecule has 0 N–H and O–H groups in total. The average molecular weight is 235 g/mol. The summed E-state index contributed by atoms with van der Waals surface area (Å²) in [5.41, 5.74) is 2.53. The van der Waals surface area contributed by atoms with E-state index in [1.54, 1.807) is 0 Å². The van der Waals surface area contributed by atoms with E-state index in [1.165, 1.54) is 11.1 Å². The molecule has 0 saturated carbocycles. The number of hydrogen-bond acceptors (Lipinski definition) is 1. The minimum absolute atomic E-state index is 0.149. The molecule has 0 atom stereocenters. The number of carbonyl (C=O) groups is 1. The normalized spacial score (nSPS) is 17.7. The molecular weight excluding hydrogens is 210 g/mol. The smallest absolute Gasteiger partial charge is 0.247 e. The molecule has 0 bridgehead atoms. The Hall–Kier alpha value is -1.05. The van der Waals surface area contributed by atoms with Crippen LogP contribution in [0.15, 0.2) is 23.3 Å². The number of rotatable bonds is 3. The summed E-state index contributed by atoms with van der Waals surface area (Å²) < 4.78 is 0. The first-order chi connectivity index (χ1) is 7.84. The van der Waals surface area contributed by atoms with Crippen LogP contribution < -0.4 is 0 Å². The first-order valence-corrected chi connectivity index (χ1v) is 6.57. The van der Waals surface area contributed by atoms with Gasteiger partial charge in [-0.2, -0.15) is 0 Å². The van der Waals surface area contributed by atoms with Gasteiger partial charge in [-0.3, -0.25) is 4.79 Å². The molecule has 17 heavy (non-hydrogen) atoms. The van der Waals surface area contributed by atoms with Gasteiger partial charge in [-0.1, -0.05) is 33.8 Å². The van der Waals surface area contributed by atoms with E-state index in [-0.39, 0.29) is 11.9 Å². The second-order valence-electron chi connectivity index (χ2n) is 5.65. The van der Waals surface area contributed by atoms with Crippen LogP contribution in [0.5, 0.6) is 0 Å². The molecule has 0 saturated heterocycles. The number of carbonyl (C=O) groups excluding carboxylic acids is 1. The lowest BCUT2D eigenvalue weighted by Crippen LogP contribution is -2.35. The number of allylic oxidation sites excluding steroid dienone is 2. The van der Waals surface area contributed by atoms with Gasteiger partial charge in [-0.05, 0) is 36.8 Å². The zero-order valence-corrected chi connectivity index (χ0v) is 11.9. The van der Waals surface area contributed by atoms with Crippen LogP contribution >= 0.6 is 0 Å². The maximum atomic E-state index is 12.2. The number of amides is 1. The second-order valence-corrected chi connectivity index (χ2v) is 5.65. The molecule has 1 rings (SSSR count). The molecule has 1 aliphatic rings. The summed E-state index contributed by atoms with van der Waals surface area (Å²) in [5, 5.41) is 0. The van der Waals surface area contributed by atoms with E-state index in [0.717, 1.165) is 6.54 Å². The van der Waals surface area contributed by atoms with Gasteiger partial charge in [0.2, 0.25) is 5.91 Å². The molecule has 1 heterocycles. The lowest BCUT2D eigenvalue weighted by atomic mass is 9.88. The van der Waals surface area contributed by atoms with Crippen LogP contribution in [0.3, 0.4) is 0 Å². The van der Waals surface area contributed by atoms with E-state index < -0.39 is 0 Å². The highest BCUT2D eigenvalue weighted by molar-refractivity contribution is 5.90. The minimum atomic E-state index is 0.149. The van der Waals surface area contributed by atoms with Crippen molar-refractivity contribution in [3.05, 3.63) is 23.3 Å². The Morgan fingerprint density at radius 2 is 1.53 bits per heavy atom. The summed E-state index contributed by atoms with van der Waals surface area (Å²) >= 11 is 0. The maximum Gasteiger partial charge on any atom is 0.247 e. The highest BCUT2D eigenvalue weighted by Gasteiger charge is 2.22. The molecule has 0 radical (unpaired) electrons. The Bertz CT molecular complexity index is 348. The molecule has 96 valence electrons. The van der Waals surface area contributed by atoms with Crippen LogP contribution in [-0.4, -0.2) is 23.4 Å². The highest BCUT2D eigenvalue weighted by Crippen LogP contribution is 2.28. The van der Waals surface area contributed by atoms with Crippen LogP contribution in [0.25, 0.3) is 0 Å². The van der Waals surface area contributed by atoms with Crippen molar-refractivity contribution in [2.45, 2.75) is 47.6 Å². The van der Waals surface area contributed by atoms with Crippen molar-refractivity contribution >= 4 is 5.91 Å². The summed E-state index contributed by atoms with van der Waals surface area (Å²) in [4.78, 5) is 14.1. The Morgan fingerprint density at radius 1 is 1.00 bits per heavy atom. The second kappa shape index (κ2) is 5.52. The first-order valence-electron chi connectivity index (χ1n) is 6.57. The van der Waals surface area contributed by atoms with Gasteiger partial charge in [0.05, 0.1) is 0 Å². The summed E-state index contributed by atoms with van der Waals surface area (Å²) in [5.74, 6) is 1.03. The SMILES string of the molecule is CC(C)C1=CCN(C(C)C)C(=O)C=C1C(C)C. The molecule has 0 unspecified atom stereocenters. The molecule has 0 aromatic heterocycles. The fourth-order valence-electron chi connectivity index (χ4n) is 2.24. The fraction of sp³-hybridized carbons (Fsp3) is 0.667. The summed E-state index contributed by atoms with van der Waals surface area (Å²) in [6.07, 6.45) is 4.06. The number of nitrogens with zero attached hydrogens (tertiary/aromatic N) is 1. The summed E-state index contributed by atoms with van der Waals surface area (Å²) in [6.45, 7) is 13.6. The monoisotopic (exact) mass is 235 g/mol. The molecule has 2 heteroatoms. The average Bonchev–Trinajstić information content (AvgIpc) is 2.36.